The van der Waals surface area contributed by atoms with Crippen LogP contribution >= 0.6 is 0 Å². The van der Waals surface area contributed by atoms with Crippen molar-refractivity contribution in [2.75, 3.05) is 6.61 Å². The highest BCUT2D eigenvalue weighted by molar-refractivity contribution is 5.16. The minimum Gasteiger partial charge on any atom is -0.393 e. The fraction of sp³-hybridized carbons (Fsp3) is 1.00. The molecule has 4 atom stereocenters. The van der Waals surface area contributed by atoms with Gasteiger partial charge in [-0.2, -0.15) is 0 Å². The molecule has 0 spiro atoms. The lowest BCUT2D eigenvalue weighted by Gasteiger charge is -2.30. The molecule has 2 heterocycles. The first-order valence-electron chi connectivity index (χ1n) is 4.28. The lowest BCUT2D eigenvalue weighted by Crippen LogP contribution is -2.47. The van der Waals surface area contributed by atoms with Crippen LogP contribution in [0.3, 0.4) is 0 Å². The topological polar surface area (TPSA) is 62.2 Å². The van der Waals surface area contributed by atoms with E-state index in [0.29, 0.717) is 6.42 Å². The predicted octanol–water partition coefficient (Wildman–Crippen LogP) is -0.366. The van der Waals surface area contributed by atoms with Crippen LogP contribution in [0.1, 0.15) is 20.3 Å². The van der Waals surface area contributed by atoms with Crippen molar-refractivity contribution in [2.24, 2.45) is 0 Å². The van der Waals surface area contributed by atoms with E-state index in [0.717, 1.165) is 0 Å². The summed E-state index contributed by atoms with van der Waals surface area (Å²) in [7, 11) is 0. The van der Waals surface area contributed by atoms with Crippen LogP contribution in [0.15, 0.2) is 0 Å². The summed E-state index contributed by atoms with van der Waals surface area (Å²) in [6.45, 7) is 3.52. The van der Waals surface area contributed by atoms with E-state index in [2.05, 4.69) is 0 Å². The molecule has 0 amide bonds. The van der Waals surface area contributed by atoms with E-state index < -0.39 is 11.4 Å². The van der Waals surface area contributed by atoms with Gasteiger partial charge >= 0.3 is 0 Å². The summed E-state index contributed by atoms with van der Waals surface area (Å²) in [4.78, 5) is 0. The molecule has 0 aromatic heterocycles. The fourth-order valence-corrected chi connectivity index (χ4v) is 2.04. The molecule has 4 heteroatoms. The zero-order valence-electron chi connectivity index (χ0n) is 7.28. The summed E-state index contributed by atoms with van der Waals surface area (Å²) < 4.78 is 10.6. The first kappa shape index (κ1) is 8.44. The summed E-state index contributed by atoms with van der Waals surface area (Å²) in [5, 5.41) is 19.0. The van der Waals surface area contributed by atoms with Gasteiger partial charge < -0.3 is 19.7 Å². The number of hydrogen-bond donors (Lipinski definition) is 2. The Morgan fingerprint density at radius 1 is 1.42 bits per heavy atom. The Morgan fingerprint density at radius 3 is 2.25 bits per heavy atom. The maximum Gasteiger partial charge on any atom is 0.228 e. The Balaban J connectivity index is 2.26. The maximum atomic E-state index is 9.84. The summed E-state index contributed by atoms with van der Waals surface area (Å²) in [5.41, 5.74) is -0.892. The summed E-state index contributed by atoms with van der Waals surface area (Å²) in [6.07, 6.45) is 0.188. The normalized spacial score (nSPS) is 57.0. The second kappa shape index (κ2) is 2.20. The molecule has 2 aliphatic rings. The zero-order valence-corrected chi connectivity index (χ0v) is 7.28. The van der Waals surface area contributed by atoms with Crippen molar-refractivity contribution >= 4 is 0 Å². The van der Waals surface area contributed by atoms with E-state index in [4.69, 9.17) is 14.6 Å². The Bertz CT molecular complexity index is 201. The van der Waals surface area contributed by atoms with Crippen LogP contribution < -0.4 is 0 Å². The van der Waals surface area contributed by atoms with Crippen molar-refractivity contribution in [3.63, 3.8) is 0 Å². The van der Waals surface area contributed by atoms with Gasteiger partial charge in [0.25, 0.3) is 0 Å². The van der Waals surface area contributed by atoms with E-state index >= 15 is 0 Å². The quantitative estimate of drug-likeness (QED) is 0.561. The van der Waals surface area contributed by atoms with Crippen LogP contribution in [-0.2, 0) is 9.47 Å². The molecule has 0 saturated carbocycles. The molecule has 0 aliphatic carbocycles. The van der Waals surface area contributed by atoms with E-state index in [1.165, 1.54) is 0 Å². The summed E-state index contributed by atoms with van der Waals surface area (Å²) in [6, 6.07) is 0. The van der Waals surface area contributed by atoms with E-state index in [1.807, 2.05) is 13.8 Å². The second-order valence-corrected chi connectivity index (χ2v) is 3.56. The maximum absolute atomic E-state index is 9.84. The molecule has 0 aromatic carbocycles. The Labute approximate surface area is 71.1 Å². The van der Waals surface area contributed by atoms with E-state index in [1.54, 1.807) is 0 Å². The van der Waals surface area contributed by atoms with Gasteiger partial charge in [-0.1, -0.05) is 6.92 Å². The van der Waals surface area contributed by atoms with Crippen molar-refractivity contribution in [1.82, 2.24) is 0 Å². The molecule has 2 fully saturated rings. The van der Waals surface area contributed by atoms with Gasteiger partial charge in [0, 0.05) is 0 Å². The molecule has 4 nitrogen and oxygen atoms in total. The SMILES string of the molecule is CC[C@]1(CO)OC(C)C2OC21O. The third-order valence-corrected chi connectivity index (χ3v) is 2.95. The third-order valence-electron chi connectivity index (χ3n) is 2.95. The number of rotatable bonds is 2. The highest BCUT2D eigenvalue weighted by Crippen LogP contribution is 2.55. The standard InChI is InChI=1S/C8H14O4/c1-3-7(4-9)8(10)6(12-8)5(2)11-7/h5-6,9-10H,3-4H2,1-2H3/t5?,6?,7-,8?/m1/s1. The van der Waals surface area contributed by atoms with Gasteiger partial charge in [0.05, 0.1) is 12.7 Å². The molecule has 70 valence electrons. The Hall–Kier alpha value is -0.160. The largest absolute Gasteiger partial charge is 0.393 e. The highest BCUT2D eigenvalue weighted by atomic mass is 16.8. The van der Waals surface area contributed by atoms with Crippen molar-refractivity contribution in [3.05, 3.63) is 0 Å². The number of hydrogen-bond acceptors (Lipinski definition) is 4. The van der Waals surface area contributed by atoms with Gasteiger partial charge in [-0.25, -0.2) is 0 Å². The molecular formula is C8H14O4. The van der Waals surface area contributed by atoms with E-state index in [-0.39, 0.29) is 18.8 Å². The molecule has 12 heavy (non-hydrogen) atoms. The average Bonchev–Trinajstić information content (AvgIpc) is 2.70. The molecule has 2 aliphatic heterocycles. The average molecular weight is 174 g/mol. The van der Waals surface area contributed by atoms with Crippen molar-refractivity contribution in [2.45, 2.75) is 43.9 Å². The zero-order chi connectivity index (χ0) is 8.98. The molecule has 0 aromatic rings. The van der Waals surface area contributed by atoms with Crippen LogP contribution in [0.5, 0.6) is 0 Å². The molecule has 0 radical (unpaired) electrons. The molecule has 2 N–H and O–H groups in total. The van der Waals surface area contributed by atoms with Gasteiger partial charge in [0.2, 0.25) is 5.79 Å². The number of epoxide rings is 1. The Kier molecular flexibility index (Phi) is 1.55. The van der Waals surface area contributed by atoms with Crippen molar-refractivity contribution < 1.29 is 19.7 Å². The van der Waals surface area contributed by atoms with Crippen LogP contribution in [0.2, 0.25) is 0 Å². The highest BCUT2D eigenvalue weighted by Gasteiger charge is 2.76. The lowest BCUT2D eigenvalue weighted by atomic mass is 9.94. The van der Waals surface area contributed by atoms with Gasteiger partial charge in [-0.15, -0.1) is 0 Å². The van der Waals surface area contributed by atoms with Gasteiger partial charge in [-0.3, -0.25) is 0 Å². The van der Waals surface area contributed by atoms with Crippen LogP contribution in [-0.4, -0.2) is 40.4 Å². The van der Waals surface area contributed by atoms with Crippen LogP contribution in [0.4, 0.5) is 0 Å². The number of aliphatic hydroxyl groups excluding tert-OH is 1. The number of aliphatic hydroxyl groups is 2. The fourth-order valence-electron chi connectivity index (χ4n) is 2.04. The molecule has 2 saturated heterocycles. The van der Waals surface area contributed by atoms with Gasteiger partial charge in [-0.05, 0) is 13.3 Å². The summed E-state index contributed by atoms with van der Waals surface area (Å²) in [5.74, 6) is -1.23. The molecule has 0 bridgehead atoms. The second-order valence-electron chi connectivity index (χ2n) is 3.56. The van der Waals surface area contributed by atoms with Gasteiger partial charge in [0.15, 0.2) is 0 Å². The Morgan fingerprint density at radius 2 is 2.08 bits per heavy atom. The predicted molar refractivity (Wildman–Crippen MR) is 40.5 cm³/mol. The monoisotopic (exact) mass is 174 g/mol. The van der Waals surface area contributed by atoms with Crippen LogP contribution in [0.25, 0.3) is 0 Å². The minimum atomic E-state index is -1.23. The minimum absolute atomic E-state index is 0.123. The number of fused-ring (bicyclic) bond motifs is 1. The smallest absolute Gasteiger partial charge is 0.228 e. The third kappa shape index (κ3) is 0.713. The van der Waals surface area contributed by atoms with Crippen molar-refractivity contribution in [1.29, 1.82) is 0 Å². The van der Waals surface area contributed by atoms with Crippen LogP contribution in [0, 0.1) is 0 Å². The molecular weight excluding hydrogens is 160 g/mol. The first-order chi connectivity index (χ1) is 5.59. The van der Waals surface area contributed by atoms with Gasteiger partial charge in [0.1, 0.15) is 11.7 Å². The number of ether oxygens (including phenoxy) is 2. The molecule has 2 rings (SSSR count). The molecule has 3 unspecified atom stereocenters. The van der Waals surface area contributed by atoms with E-state index in [9.17, 15) is 5.11 Å². The first-order valence-corrected chi connectivity index (χ1v) is 4.28. The van der Waals surface area contributed by atoms with Crippen molar-refractivity contribution in [3.8, 4) is 0 Å². The summed E-state index contributed by atoms with van der Waals surface area (Å²) >= 11 is 0. The lowest BCUT2D eigenvalue weighted by molar-refractivity contribution is -0.201.